The van der Waals surface area contributed by atoms with Crippen molar-refractivity contribution in [3.63, 3.8) is 0 Å². The zero-order valence-electron chi connectivity index (χ0n) is 17.6. The molecule has 0 aliphatic carbocycles. The van der Waals surface area contributed by atoms with E-state index in [1.165, 1.54) is 5.56 Å². The lowest BCUT2D eigenvalue weighted by atomic mass is 9.97. The normalized spacial score (nSPS) is 12.4. The van der Waals surface area contributed by atoms with Crippen LogP contribution in [0.25, 0.3) is 0 Å². The van der Waals surface area contributed by atoms with Crippen molar-refractivity contribution < 1.29 is 4.79 Å². The molecule has 7 heteroatoms. The Kier molecular flexibility index (Phi) is 9.06. The van der Waals surface area contributed by atoms with Gasteiger partial charge < -0.3 is 11.2 Å². The number of rotatable bonds is 9. The number of nitrogens with one attached hydrogen (secondary N) is 1. The first-order valence-electron chi connectivity index (χ1n) is 9.89. The van der Waals surface area contributed by atoms with Crippen LogP contribution in [0.2, 0.25) is 5.02 Å². The molecule has 2 aromatic carbocycles. The Morgan fingerprint density at radius 2 is 1.87 bits per heavy atom. The molecule has 160 valence electrons. The number of benzene rings is 2. The number of aryl methyl sites for hydroxylation is 1. The molecule has 0 atom stereocenters. The molecule has 1 amide bonds. The van der Waals surface area contributed by atoms with E-state index < -0.39 is 5.54 Å². The standard InChI is InChI=1S/C23H28BrClN4O/c1-4-5-17-12-18(14-20(25)13-17)22(30)28-23(2,3)21(29-26)15-27-11-10-16-6-8-19(24)9-7-16/h6-9,12-15H,4-5,10-11,26H2,1-3H3,(H,28,30)/b27-15?,29-21+. The predicted octanol–water partition coefficient (Wildman–Crippen LogP) is 5.19. The second kappa shape index (κ2) is 11.3. The highest BCUT2D eigenvalue weighted by Crippen LogP contribution is 2.18. The lowest BCUT2D eigenvalue weighted by Crippen LogP contribution is -2.50. The van der Waals surface area contributed by atoms with Gasteiger partial charge in [-0.3, -0.25) is 9.79 Å². The van der Waals surface area contributed by atoms with Crippen molar-refractivity contribution in [1.29, 1.82) is 0 Å². The van der Waals surface area contributed by atoms with Gasteiger partial charge in [0.25, 0.3) is 5.91 Å². The molecule has 0 heterocycles. The van der Waals surface area contributed by atoms with Gasteiger partial charge in [0.15, 0.2) is 0 Å². The highest BCUT2D eigenvalue weighted by Gasteiger charge is 2.27. The van der Waals surface area contributed by atoms with Gasteiger partial charge in [0.05, 0.1) is 5.54 Å². The highest BCUT2D eigenvalue weighted by atomic mass is 79.9. The van der Waals surface area contributed by atoms with Crippen LogP contribution in [0.1, 0.15) is 48.7 Å². The topological polar surface area (TPSA) is 79.8 Å². The fraction of sp³-hybridized carbons (Fsp3) is 0.348. The van der Waals surface area contributed by atoms with E-state index in [1.807, 2.05) is 38.1 Å². The third kappa shape index (κ3) is 7.26. The minimum absolute atomic E-state index is 0.232. The van der Waals surface area contributed by atoms with Crippen molar-refractivity contribution in [3.05, 3.63) is 68.7 Å². The predicted molar refractivity (Wildman–Crippen MR) is 130 cm³/mol. The highest BCUT2D eigenvalue weighted by molar-refractivity contribution is 9.10. The van der Waals surface area contributed by atoms with Crippen LogP contribution in [-0.4, -0.2) is 29.9 Å². The van der Waals surface area contributed by atoms with Crippen LogP contribution < -0.4 is 11.2 Å². The number of nitrogens with two attached hydrogens (primary N) is 1. The Balaban J connectivity index is 2.02. The fourth-order valence-electron chi connectivity index (χ4n) is 2.99. The minimum atomic E-state index is -0.791. The summed E-state index contributed by atoms with van der Waals surface area (Å²) in [5.74, 6) is 5.36. The third-order valence-corrected chi connectivity index (χ3v) is 5.37. The largest absolute Gasteiger partial charge is 0.341 e. The smallest absolute Gasteiger partial charge is 0.252 e. The molecule has 0 bridgehead atoms. The molecule has 2 rings (SSSR count). The average Bonchev–Trinajstić information content (AvgIpc) is 2.68. The van der Waals surface area contributed by atoms with Crippen molar-refractivity contribution in [2.75, 3.05) is 6.54 Å². The SMILES string of the molecule is CCCc1cc(Cl)cc(C(=O)NC(C)(C)/C(C=NCCc2ccc(Br)cc2)=N/N)c1. The maximum atomic E-state index is 12.8. The van der Waals surface area contributed by atoms with E-state index in [0.29, 0.717) is 22.8 Å². The summed E-state index contributed by atoms with van der Waals surface area (Å²) < 4.78 is 1.05. The molecule has 0 fully saturated rings. The number of hydrogen-bond acceptors (Lipinski definition) is 4. The zero-order chi connectivity index (χ0) is 22.1. The Labute approximate surface area is 191 Å². The minimum Gasteiger partial charge on any atom is -0.341 e. The number of hydrogen-bond donors (Lipinski definition) is 2. The number of hydrazone groups is 1. The van der Waals surface area contributed by atoms with Gasteiger partial charge >= 0.3 is 0 Å². The Morgan fingerprint density at radius 3 is 2.50 bits per heavy atom. The summed E-state index contributed by atoms with van der Waals surface area (Å²) in [4.78, 5) is 17.3. The Morgan fingerprint density at radius 1 is 1.17 bits per heavy atom. The molecule has 0 aliphatic rings. The van der Waals surface area contributed by atoms with Gasteiger partial charge in [-0.2, -0.15) is 5.10 Å². The number of carbonyl (C=O) groups is 1. The monoisotopic (exact) mass is 490 g/mol. The van der Waals surface area contributed by atoms with Gasteiger partial charge in [0.2, 0.25) is 0 Å². The van der Waals surface area contributed by atoms with Gasteiger partial charge in [-0.05, 0) is 68.1 Å². The van der Waals surface area contributed by atoms with E-state index in [9.17, 15) is 4.79 Å². The molecule has 0 saturated heterocycles. The van der Waals surface area contributed by atoms with Gasteiger partial charge in [0.1, 0.15) is 5.71 Å². The maximum absolute atomic E-state index is 12.8. The summed E-state index contributed by atoms with van der Waals surface area (Å²) in [6.07, 6.45) is 4.27. The van der Waals surface area contributed by atoms with Crippen molar-refractivity contribution in [2.24, 2.45) is 15.9 Å². The number of nitrogens with zero attached hydrogens (tertiary/aromatic N) is 2. The van der Waals surface area contributed by atoms with Gasteiger partial charge in [-0.15, -0.1) is 0 Å². The molecule has 5 nitrogen and oxygen atoms in total. The van der Waals surface area contributed by atoms with E-state index in [4.69, 9.17) is 17.4 Å². The van der Waals surface area contributed by atoms with E-state index in [1.54, 1.807) is 12.3 Å². The molecule has 0 unspecified atom stereocenters. The molecular weight excluding hydrogens is 464 g/mol. The molecule has 0 spiro atoms. The Bertz CT molecular complexity index is 923. The number of halogens is 2. The van der Waals surface area contributed by atoms with E-state index in [0.717, 1.165) is 29.3 Å². The van der Waals surface area contributed by atoms with E-state index >= 15 is 0 Å². The van der Waals surface area contributed by atoms with Gasteiger partial charge in [-0.1, -0.05) is 53.0 Å². The summed E-state index contributed by atoms with van der Waals surface area (Å²) in [7, 11) is 0. The van der Waals surface area contributed by atoms with Crippen molar-refractivity contribution in [3.8, 4) is 0 Å². The fourth-order valence-corrected chi connectivity index (χ4v) is 3.51. The van der Waals surface area contributed by atoms with Crippen molar-refractivity contribution >= 4 is 45.4 Å². The second-order valence-corrected chi connectivity index (χ2v) is 8.96. The average molecular weight is 492 g/mol. The van der Waals surface area contributed by atoms with Crippen LogP contribution in [0.4, 0.5) is 0 Å². The number of carbonyl (C=O) groups excluding carboxylic acids is 1. The quantitative estimate of drug-likeness (QED) is 0.287. The lowest BCUT2D eigenvalue weighted by Gasteiger charge is -2.26. The van der Waals surface area contributed by atoms with E-state index in [-0.39, 0.29) is 5.91 Å². The molecule has 0 saturated carbocycles. The van der Waals surface area contributed by atoms with Crippen LogP contribution in [0.3, 0.4) is 0 Å². The zero-order valence-corrected chi connectivity index (χ0v) is 19.9. The van der Waals surface area contributed by atoms with Crippen molar-refractivity contribution in [1.82, 2.24) is 5.32 Å². The first-order chi connectivity index (χ1) is 14.2. The van der Waals surface area contributed by atoms with Crippen LogP contribution in [-0.2, 0) is 12.8 Å². The Hall–Kier alpha value is -2.18. The molecule has 0 aliphatic heterocycles. The summed E-state index contributed by atoms with van der Waals surface area (Å²) in [5, 5.41) is 7.37. The first-order valence-corrected chi connectivity index (χ1v) is 11.1. The van der Waals surface area contributed by atoms with Crippen molar-refractivity contribution in [2.45, 2.75) is 45.6 Å². The summed E-state index contributed by atoms with van der Waals surface area (Å²) in [6.45, 7) is 6.37. The first kappa shape index (κ1) is 24.1. The summed E-state index contributed by atoms with van der Waals surface area (Å²) in [5.41, 5.74) is 2.44. The molecule has 0 aromatic heterocycles. The van der Waals surface area contributed by atoms with Crippen LogP contribution in [0.15, 0.2) is 57.0 Å². The molecule has 30 heavy (non-hydrogen) atoms. The van der Waals surface area contributed by atoms with E-state index in [2.05, 4.69) is 50.4 Å². The van der Waals surface area contributed by atoms with Crippen LogP contribution in [0.5, 0.6) is 0 Å². The molecule has 0 radical (unpaired) electrons. The van der Waals surface area contributed by atoms with Gasteiger partial charge in [0, 0.05) is 27.8 Å². The molecular formula is C23H28BrClN4O. The number of aliphatic imine (C=N–C) groups is 1. The maximum Gasteiger partial charge on any atom is 0.252 e. The van der Waals surface area contributed by atoms with Crippen LogP contribution in [0, 0.1) is 0 Å². The molecule has 3 N–H and O–H groups in total. The lowest BCUT2D eigenvalue weighted by molar-refractivity contribution is 0.0932. The molecule has 2 aromatic rings. The number of amides is 1. The third-order valence-electron chi connectivity index (χ3n) is 4.62. The summed E-state index contributed by atoms with van der Waals surface area (Å²) in [6, 6.07) is 13.5. The van der Waals surface area contributed by atoms with Crippen LogP contribution >= 0.6 is 27.5 Å². The summed E-state index contributed by atoms with van der Waals surface area (Å²) >= 11 is 9.62. The van der Waals surface area contributed by atoms with Gasteiger partial charge in [-0.25, -0.2) is 0 Å². The second-order valence-electron chi connectivity index (χ2n) is 7.60.